The molecular weight excluding hydrogens is 422 g/mol. The minimum absolute atomic E-state index is 0.138. The third-order valence-electron chi connectivity index (χ3n) is 5.57. The van der Waals surface area contributed by atoms with Gasteiger partial charge in [0, 0.05) is 36.6 Å². The predicted octanol–water partition coefficient (Wildman–Crippen LogP) is 2.65. The lowest BCUT2D eigenvalue weighted by Gasteiger charge is -2.22. The maximum Gasteiger partial charge on any atom is 0.253 e. The van der Waals surface area contributed by atoms with Gasteiger partial charge in [-0.15, -0.1) is 11.3 Å². The second-order valence-electron chi connectivity index (χ2n) is 7.67. The Hall–Kier alpha value is -2.23. The normalized spacial score (nSPS) is 20.1. The molecule has 1 atom stereocenters. The summed E-state index contributed by atoms with van der Waals surface area (Å²) in [4.78, 5) is 27.3. The van der Waals surface area contributed by atoms with Crippen LogP contribution < -0.4 is 10.2 Å². The summed E-state index contributed by atoms with van der Waals surface area (Å²) in [5.41, 5.74) is 1.77. The van der Waals surface area contributed by atoms with Gasteiger partial charge in [-0.3, -0.25) is 9.59 Å². The van der Waals surface area contributed by atoms with E-state index in [2.05, 4.69) is 5.32 Å². The smallest absolute Gasteiger partial charge is 0.253 e. The molecule has 1 aromatic heterocycles. The van der Waals surface area contributed by atoms with Gasteiger partial charge in [0.2, 0.25) is 11.8 Å². The number of carbonyl (C=O) groups is 2. The molecule has 2 aliphatic heterocycles. The van der Waals surface area contributed by atoms with E-state index in [0.29, 0.717) is 32.4 Å². The highest BCUT2D eigenvalue weighted by Crippen LogP contribution is 2.30. The van der Waals surface area contributed by atoms with Gasteiger partial charge in [-0.1, -0.05) is 12.1 Å². The minimum atomic E-state index is -3.66. The first-order valence-corrected chi connectivity index (χ1v) is 12.4. The van der Waals surface area contributed by atoms with Crippen molar-refractivity contribution in [3.05, 3.63) is 46.8 Å². The third kappa shape index (κ3) is 4.14. The van der Waals surface area contributed by atoms with Crippen molar-refractivity contribution >= 4 is 38.9 Å². The minimum Gasteiger partial charge on any atom is -0.351 e. The molecule has 0 saturated carbocycles. The van der Waals surface area contributed by atoms with Crippen molar-refractivity contribution in [2.75, 3.05) is 18.0 Å². The number of hydrogen-bond donors (Lipinski definition) is 1. The van der Waals surface area contributed by atoms with Crippen LogP contribution in [0.2, 0.25) is 0 Å². The highest BCUT2D eigenvalue weighted by Gasteiger charge is 2.39. The fraction of sp³-hybridized carbons (Fsp3) is 0.429. The number of nitrogens with one attached hydrogen (secondary N) is 1. The number of aryl methyl sites for hydroxylation is 1. The van der Waals surface area contributed by atoms with Crippen LogP contribution in [0, 0.1) is 6.92 Å². The second kappa shape index (κ2) is 8.49. The van der Waals surface area contributed by atoms with Gasteiger partial charge in [-0.25, -0.2) is 8.42 Å². The molecule has 1 aromatic carbocycles. The molecule has 4 rings (SSSR count). The molecule has 160 valence electrons. The number of carbonyl (C=O) groups excluding carboxylic acids is 2. The summed E-state index contributed by atoms with van der Waals surface area (Å²) in [6, 6.07) is 10.3. The number of benzene rings is 1. The highest BCUT2D eigenvalue weighted by atomic mass is 32.2. The molecule has 0 aliphatic carbocycles. The molecule has 9 heteroatoms. The maximum absolute atomic E-state index is 13.0. The molecule has 0 bridgehead atoms. The summed E-state index contributed by atoms with van der Waals surface area (Å²) in [6.07, 6.45) is 2.65. The largest absolute Gasteiger partial charge is 0.351 e. The molecule has 1 N–H and O–H groups in total. The van der Waals surface area contributed by atoms with E-state index in [4.69, 9.17) is 0 Å². The summed E-state index contributed by atoms with van der Waals surface area (Å²) in [6.45, 7) is 3.28. The van der Waals surface area contributed by atoms with E-state index in [1.807, 2.05) is 31.2 Å². The fourth-order valence-corrected chi connectivity index (χ4v) is 7.05. The van der Waals surface area contributed by atoms with Gasteiger partial charge in [0.1, 0.15) is 10.3 Å². The number of anilines is 1. The van der Waals surface area contributed by atoms with Gasteiger partial charge in [-0.05, 0) is 56.0 Å². The van der Waals surface area contributed by atoms with E-state index in [0.717, 1.165) is 29.1 Å². The Balaban J connectivity index is 1.39. The standard InChI is InChI=1S/C21H25N3O4S2/c1-15-6-11-20(29-15)30(27,28)24-13-2-4-18(24)21(26)22-14-16-7-9-17(10-8-16)23-12-3-5-19(23)25/h6-11,18H,2-5,12-14H2,1H3,(H,22,26)/t18-/m0/s1. The third-order valence-corrected chi connectivity index (χ3v) is 8.95. The molecule has 2 aromatic rings. The van der Waals surface area contributed by atoms with E-state index >= 15 is 0 Å². The highest BCUT2D eigenvalue weighted by molar-refractivity contribution is 7.91. The van der Waals surface area contributed by atoms with E-state index in [1.165, 1.54) is 15.6 Å². The summed E-state index contributed by atoms with van der Waals surface area (Å²) < 4.78 is 27.5. The molecule has 2 saturated heterocycles. The summed E-state index contributed by atoms with van der Waals surface area (Å²) in [5, 5.41) is 2.88. The molecular formula is C21H25N3O4S2. The van der Waals surface area contributed by atoms with E-state index < -0.39 is 16.1 Å². The van der Waals surface area contributed by atoms with Crippen LogP contribution in [0.15, 0.2) is 40.6 Å². The Bertz CT molecular complexity index is 1050. The average molecular weight is 448 g/mol. The summed E-state index contributed by atoms with van der Waals surface area (Å²) in [5.74, 6) is -0.136. The van der Waals surface area contributed by atoms with Crippen molar-refractivity contribution in [3.8, 4) is 0 Å². The monoisotopic (exact) mass is 447 g/mol. The molecule has 0 spiro atoms. The van der Waals surface area contributed by atoms with E-state index in [1.54, 1.807) is 17.0 Å². The van der Waals surface area contributed by atoms with Gasteiger partial charge >= 0.3 is 0 Å². The Morgan fingerprint density at radius 2 is 1.90 bits per heavy atom. The molecule has 0 unspecified atom stereocenters. The first-order chi connectivity index (χ1) is 14.4. The zero-order chi connectivity index (χ0) is 21.3. The lowest BCUT2D eigenvalue weighted by atomic mass is 10.1. The first-order valence-electron chi connectivity index (χ1n) is 10.1. The number of sulfonamides is 1. The van der Waals surface area contributed by atoms with Crippen LogP contribution in [-0.4, -0.2) is 43.7 Å². The summed E-state index contributed by atoms with van der Waals surface area (Å²) in [7, 11) is -3.66. The number of nitrogens with zero attached hydrogens (tertiary/aromatic N) is 2. The molecule has 2 amide bonds. The molecule has 0 radical (unpaired) electrons. The van der Waals surface area contributed by atoms with Gasteiger partial charge in [0.25, 0.3) is 10.0 Å². The van der Waals surface area contributed by atoms with Crippen LogP contribution in [0.5, 0.6) is 0 Å². The van der Waals surface area contributed by atoms with Crippen molar-refractivity contribution in [2.45, 2.75) is 49.4 Å². The topological polar surface area (TPSA) is 86.8 Å². The van der Waals surface area contributed by atoms with Crippen molar-refractivity contribution < 1.29 is 18.0 Å². The van der Waals surface area contributed by atoms with Gasteiger partial charge in [0.15, 0.2) is 0 Å². The summed E-state index contributed by atoms with van der Waals surface area (Å²) >= 11 is 1.23. The first kappa shape index (κ1) is 21.0. The van der Waals surface area contributed by atoms with Crippen LogP contribution in [0.4, 0.5) is 5.69 Å². The number of amides is 2. The van der Waals surface area contributed by atoms with E-state index in [-0.39, 0.29) is 16.0 Å². The van der Waals surface area contributed by atoms with Crippen LogP contribution in [0.25, 0.3) is 0 Å². The number of thiophene rings is 1. The molecule has 7 nitrogen and oxygen atoms in total. The fourth-order valence-electron chi connectivity index (χ4n) is 3.98. The second-order valence-corrected chi connectivity index (χ2v) is 11.1. The lowest BCUT2D eigenvalue weighted by molar-refractivity contribution is -0.124. The Kier molecular flexibility index (Phi) is 5.95. The Morgan fingerprint density at radius 3 is 2.53 bits per heavy atom. The number of rotatable bonds is 6. The zero-order valence-electron chi connectivity index (χ0n) is 16.8. The Morgan fingerprint density at radius 1 is 1.13 bits per heavy atom. The van der Waals surface area contributed by atoms with Crippen molar-refractivity contribution in [1.29, 1.82) is 0 Å². The van der Waals surface area contributed by atoms with Crippen LogP contribution in [0.1, 0.15) is 36.1 Å². The molecule has 3 heterocycles. The Labute approximate surface area is 180 Å². The van der Waals surface area contributed by atoms with Gasteiger partial charge in [0.05, 0.1) is 0 Å². The average Bonchev–Trinajstić information content (AvgIpc) is 3.47. The maximum atomic E-state index is 13.0. The van der Waals surface area contributed by atoms with Crippen LogP contribution in [-0.2, 0) is 26.2 Å². The van der Waals surface area contributed by atoms with Crippen LogP contribution in [0.3, 0.4) is 0 Å². The lowest BCUT2D eigenvalue weighted by Crippen LogP contribution is -2.45. The molecule has 2 fully saturated rings. The van der Waals surface area contributed by atoms with Crippen molar-refractivity contribution in [2.24, 2.45) is 0 Å². The molecule has 30 heavy (non-hydrogen) atoms. The van der Waals surface area contributed by atoms with Gasteiger partial charge in [-0.2, -0.15) is 4.31 Å². The SMILES string of the molecule is Cc1ccc(S(=O)(=O)N2CCC[C@H]2C(=O)NCc2ccc(N3CCCC3=O)cc2)s1. The predicted molar refractivity (Wildman–Crippen MR) is 116 cm³/mol. The zero-order valence-corrected chi connectivity index (χ0v) is 18.5. The molecule has 2 aliphatic rings. The van der Waals surface area contributed by atoms with Gasteiger partial charge < -0.3 is 10.2 Å². The van der Waals surface area contributed by atoms with E-state index in [9.17, 15) is 18.0 Å². The van der Waals surface area contributed by atoms with Crippen molar-refractivity contribution in [3.63, 3.8) is 0 Å². The quantitative estimate of drug-likeness (QED) is 0.738. The van der Waals surface area contributed by atoms with Crippen LogP contribution >= 0.6 is 11.3 Å². The number of hydrogen-bond acceptors (Lipinski definition) is 5. The van der Waals surface area contributed by atoms with Crippen molar-refractivity contribution in [1.82, 2.24) is 9.62 Å².